The number of carbonyl (C=O) groups excluding carboxylic acids is 2. The molecule has 0 spiro atoms. The van der Waals surface area contributed by atoms with Crippen LogP contribution in [-0.2, 0) is 16.1 Å². The van der Waals surface area contributed by atoms with Gasteiger partial charge < -0.3 is 10.6 Å². The van der Waals surface area contributed by atoms with Crippen molar-refractivity contribution >= 4 is 23.4 Å². The van der Waals surface area contributed by atoms with Gasteiger partial charge in [-0.15, -0.1) is 5.92 Å². The van der Waals surface area contributed by atoms with Crippen LogP contribution in [0, 0.1) is 23.6 Å². The Morgan fingerprint density at radius 3 is 2.77 bits per heavy atom. The molecule has 1 aromatic heterocycles. The minimum absolute atomic E-state index is 0.0264. The van der Waals surface area contributed by atoms with Crippen LogP contribution in [0.5, 0.6) is 0 Å². The van der Waals surface area contributed by atoms with E-state index in [2.05, 4.69) is 32.8 Å². The van der Waals surface area contributed by atoms with Gasteiger partial charge in [-0.3, -0.25) is 19.9 Å². The predicted molar refractivity (Wildman–Crippen MR) is 116 cm³/mol. The van der Waals surface area contributed by atoms with Crippen molar-refractivity contribution in [1.82, 2.24) is 20.9 Å². The molecule has 8 heteroatoms. The summed E-state index contributed by atoms with van der Waals surface area (Å²) in [7, 11) is 0. The first-order valence-electron chi connectivity index (χ1n) is 9.98. The molecule has 0 saturated carbocycles. The van der Waals surface area contributed by atoms with E-state index < -0.39 is 18.0 Å². The van der Waals surface area contributed by atoms with Crippen LogP contribution in [0.2, 0.25) is 5.02 Å². The summed E-state index contributed by atoms with van der Waals surface area (Å²) < 4.78 is 15.3. The first-order chi connectivity index (χ1) is 14.8. The van der Waals surface area contributed by atoms with Crippen molar-refractivity contribution in [3.8, 4) is 11.8 Å². The van der Waals surface area contributed by atoms with Gasteiger partial charge in [-0.1, -0.05) is 37.4 Å². The molecule has 1 aromatic carbocycles. The molecule has 31 heavy (non-hydrogen) atoms. The van der Waals surface area contributed by atoms with Gasteiger partial charge in [-0.05, 0) is 25.1 Å². The maximum atomic E-state index is 15.3. The molecular weight excluding hydrogens is 419 g/mol. The summed E-state index contributed by atoms with van der Waals surface area (Å²) in [6.07, 6.45) is 0.961. The molecule has 2 atom stereocenters. The van der Waals surface area contributed by atoms with E-state index >= 15 is 4.39 Å². The van der Waals surface area contributed by atoms with E-state index in [1.807, 2.05) is 6.07 Å². The smallest absolute Gasteiger partial charge is 0.223 e. The molecule has 2 unspecified atom stereocenters. The highest BCUT2D eigenvalue weighted by Gasteiger charge is 2.32. The van der Waals surface area contributed by atoms with Crippen LogP contribution >= 0.6 is 11.6 Å². The Hall–Kier alpha value is -2.95. The Morgan fingerprint density at radius 1 is 1.35 bits per heavy atom. The van der Waals surface area contributed by atoms with Crippen LogP contribution in [0.4, 0.5) is 4.39 Å². The third-order valence-corrected chi connectivity index (χ3v) is 5.28. The first-order valence-corrected chi connectivity index (χ1v) is 10.4. The van der Waals surface area contributed by atoms with Crippen LogP contribution in [0.15, 0.2) is 30.5 Å². The molecule has 2 aromatic rings. The summed E-state index contributed by atoms with van der Waals surface area (Å²) in [5, 5.41) is 8.84. The van der Waals surface area contributed by atoms with Gasteiger partial charge in [0.2, 0.25) is 11.8 Å². The van der Waals surface area contributed by atoms with Crippen molar-refractivity contribution in [2.45, 2.75) is 45.9 Å². The third-order valence-electron chi connectivity index (χ3n) is 4.95. The Kier molecular flexibility index (Phi) is 7.26. The van der Waals surface area contributed by atoms with Crippen molar-refractivity contribution < 1.29 is 14.0 Å². The number of hydrogen-bond acceptors (Lipinski definition) is 4. The Labute approximate surface area is 186 Å². The van der Waals surface area contributed by atoms with Crippen LogP contribution in [0.1, 0.15) is 61.8 Å². The first kappa shape index (κ1) is 22.7. The zero-order chi connectivity index (χ0) is 22.5. The summed E-state index contributed by atoms with van der Waals surface area (Å²) in [6.45, 7) is 5.29. The van der Waals surface area contributed by atoms with E-state index in [0.717, 1.165) is 5.56 Å². The number of pyridine rings is 1. The molecule has 0 bridgehead atoms. The van der Waals surface area contributed by atoms with E-state index in [0.29, 0.717) is 5.69 Å². The standard InChI is InChI=1S/C23H24ClFN4O2/c1-4-5-14-6-9-17(26-11-14)18-10-19(30)29-22(28-18)20-16(24)8-7-15(21(20)25)12-27-23(31)13(2)3/h6-9,11,13,18,22,28H,10,12H2,1-3H3,(H,27,31)(H,29,30). The summed E-state index contributed by atoms with van der Waals surface area (Å²) in [4.78, 5) is 28.6. The van der Waals surface area contributed by atoms with Crippen molar-refractivity contribution in [3.63, 3.8) is 0 Å². The van der Waals surface area contributed by atoms with Gasteiger partial charge >= 0.3 is 0 Å². The Morgan fingerprint density at radius 2 is 2.13 bits per heavy atom. The lowest BCUT2D eigenvalue weighted by Gasteiger charge is -2.32. The third kappa shape index (κ3) is 5.40. The largest absolute Gasteiger partial charge is 0.352 e. The molecule has 6 nitrogen and oxygen atoms in total. The fourth-order valence-corrected chi connectivity index (χ4v) is 3.54. The van der Waals surface area contributed by atoms with E-state index in [-0.39, 0.29) is 46.8 Å². The van der Waals surface area contributed by atoms with Gasteiger partial charge in [0.25, 0.3) is 0 Å². The lowest BCUT2D eigenvalue weighted by molar-refractivity contribution is -0.125. The van der Waals surface area contributed by atoms with Gasteiger partial charge in [0.15, 0.2) is 0 Å². The fraction of sp³-hybridized carbons (Fsp3) is 0.348. The molecule has 1 aliphatic rings. The molecule has 0 aliphatic carbocycles. The summed E-state index contributed by atoms with van der Waals surface area (Å²) >= 11 is 6.30. The SMILES string of the molecule is CC#Cc1ccc(C2CC(=O)NC(c3c(Cl)ccc(CNC(=O)C(C)C)c3F)N2)nc1. The Bertz CT molecular complexity index is 1040. The maximum Gasteiger partial charge on any atom is 0.223 e. The zero-order valence-corrected chi connectivity index (χ0v) is 18.3. The zero-order valence-electron chi connectivity index (χ0n) is 17.6. The second kappa shape index (κ2) is 9.90. The molecule has 1 aliphatic heterocycles. The number of rotatable bonds is 5. The van der Waals surface area contributed by atoms with E-state index in [4.69, 9.17) is 11.6 Å². The molecule has 2 heterocycles. The molecular formula is C23H24ClFN4O2. The molecule has 162 valence electrons. The lowest BCUT2D eigenvalue weighted by atomic mass is 10.0. The van der Waals surface area contributed by atoms with E-state index in [1.165, 1.54) is 6.07 Å². The van der Waals surface area contributed by atoms with Gasteiger partial charge in [0.05, 0.1) is 16.8 Å². The van der Waals surface area contributed by atoms with Gasteiger partial charge in [-0.2, -0.15) is 0 Å². The highest BCUT2D eigenvalue weighted by atomic mass is 35.5. The highest BCUT2D eigenvalue weighted by molar-refractivity contribution is 6.31. The number of halogens is 2. The molecule has 1 fully saturated rings. The maximum absolute atomic E-state index is 15.3. The van der Waals surface area contributed by atoms with Crippen molar-refractivity contribution in [2.24, 2.45) is 5.92 Å². The number of amides is 2. The number of aromatic nitrogens is 1. The van der Waals surface area contributed by atoms with Gasteiger partial charge in [0.1, 0.15) is 12.0 Å². The number of carbonyl (C=O) groups is 2. The number of hydrogen-bond donors (Lipinski definition) is 3. The monoisotopic (exact) mass is 442 g/mol. The lowest BCUT2D eigenvalue weighted by Crippen LogP contribution is -2.47. The second-order valence-corrected chi connectivity index (χ2v) is 7.98. The van der Waals surface area contributed by atoms with Gasteiger partial charge in [0, 0.05) is 41.8 Å². The molecule has 3 rings (SSSR count). The summed E-state index contributed by atoms with van der Waals surface area (Å²) in [5.41, 5.74) is 1.84. The number of benzene rings is 1. The summed E-state index contributed by atoms with van der Waals surface area (Å²) in [6, 6.07) is 6.29. The second-order valence-electron chi connectivity index (χ2n) is 7.58. The van der Waals surface area contributed by atoms with Crippen molar-refractivity contribution in [2.75, 3.05) is 0 Å². The van der Waals surface area contributed by atoms with E-state index in [1.54, 1.807) is 39.1 Å². The normalized spacial score (nSPS) is 18.2. The molecule has 1 saturated heterocycles. The summed E-state index contributed by atoms with van der Waals surface area (Å²) in [5.74, 6) is 4.52. The average molecular weight is 443 g/mol. The highest BCUT2D eigenvalue weighted by Crippen LogP contribution is 2.31. The Balaban J connectivity index is 1.85. The van der Waals surface area contributed by atoms with E-state index in [9.17, 15) is 9.59 Å². The quantitative estimate of drug-likeness (QED) is 0.620. The van der Waals surface area contributed by atoms with Crippen molar-refractivity contribution in [3.05, 3.63) is 63.7 Å². The van der Waals surface area contributed by atoms with Crippen LogP contribution < -0.4 is 16.0 Å². The number of nitrogens with zero attached hydrogens (tertiary/aromatic N) is 1. The van der Waals surface area contributed by atoms with Gasteiger partial charge in [-0.25, -0.2) is 4.39 Å². The van der Waals surface area contributed by atoms with Crippen LogP contribution in [-0.4, -0.2) is 16.8 Å². The average Bonchev–Trinajstić information content (AvgIpc) is 2.73. The van der Waals surface area contributed by atoms with Crippen molar-refractivity contribution in [1.29, 1.82) is 0 Å². The predicted octanol–water partition coefficient (Wildman–Crippen LogP) is 3.37. The molecule has 3 N–H and O–H groups in total. The minimum atomic E-state index is -0.837. The topological polar surface area (TPSA) is 83.1 Å². The number of nitrogens with one attached hydrogen (secondary N) is 3. The minimum Gasteiger partial charge on any atom is -0.352 e. The van der Waals surface area contributed by atoms with Crippen LogP contribution in [0.3, 0.4) is 0 Å². The fourth-order valence-electron chi connectivity index (χ4n) is 3.28. The molecule has 2 amide bonds. The van der Waals surface area contributed by atoms with Crippen LogP contribution in [0.25, 0.3) is 0 Å². The molecule has 0 radical (unpaired) electrons.